The van der Waals surface area contributed by atoms with Gasteiger partial charge in [0.2, 0.25) is 0 Å². The first-order valence-corrected chi connectivity index (χ1v) is 7.32. The molecule has 1 aromatic rings. The fourth-order valence-electron chi connectivity index (χ4n) is 2.50. The molecule has 1 aliphatic rings. The number of halogens is 3. The van der Waals surface area contributed by atoms with Crippen molar-refractivity contribution >= 4 is 11.6 Å². The van der Waals surface area contributed by atoms with Gasteiger partial charge in [-0.1, -0.05) is 0 Å². The van der Waals surface area contributed by atoms with E-state index in [0.717, 1.165) is 12.5 Å². The summed E-state index contributed by atoms with van der Waals surface area (Å²) in [6.45, 7) is 4.16. The summed E-state index contributed by atoms with van der Waals surface area (Å²) in [5, 5.41) is 0. The number of anilines is 1. The zero-order valence-electron chi connectivity index (χ0n) is 12.7. The van der Waals surface area contributed by atoms with E-state index in [1.165, 1.54) is 12.1 Å². The van der Waals surface area contributed by atoms with Gasteiger partial charge in [0.1, 0.15) is 0 Å². The lowest BCUT2D eigenvalue weighted by molar-refractivity contribution is -0.274. The van der Waals surface area contributed by atoms with E-state index >= 15 is 0 Å². The molecule has 1 unspecified atom stereocenters. The fourth-order valence-corrected chi connectivity index (χ4v) is 2.50. The van der Waals surface area contributed by atoms with E-state index in [9.17, 15) is 18.0 Å². The summed E-state index contributed by atoms with van der Waals surface area (Å²) in [4.78, 5) is 14.0. The molecule has 23 heavy (non-hydrogen) atoms. The largest absolute Gasteiger partial charge is 0.573 e. The van der Waals surface area contributed by atoms with Crippen LogP contribution in [0.15, 0.2) is 18.2 Å². The van der Waals surface area contributed by atoms with Crippen LogP contribution >= 0.6 is 0 Å². The number of hydrogen-bond donors (Lipinski definition) is 1. The second-order valence-electron chi connectivity index (χ2n) is 5.37. The van der Waals surface area contributed by atoms with Crippen molar-refractivity contribution in [3.8, 4) is 5.75 Å². The van der Waals surface area contributed by atoms with Gasteiger partial charge >= 0.3 is 6.36 Å². The Morgan fingerprint density at radius 2 is 2.17 bits per heavy atom. The van der Waals surface area contributed by atoms with Crippen LogP contribution in [-0.2, 0) is 4.74 Å². The molecule has 0 radical (unpaired) electrons. The Hall–Kier alpha value is -1.96. The number of benzene rings is 1. The maximum atomic E-state index is 12.4. The molecule has 1 saturated heterocycles. The number of likely N-dealkylation sites (tertiary alicyclic amines) is 1. The van der Waals surface area contributed by atoms with Crippen LogP contribution in [0.3, 0.4) is 0 Å². The molecule has 1 aromatic carbocycles. The van der Waals surface area contributed by atoms with E-state index in [1.54, 1.807) is 4.90 Å². The molecule has 0 aliphatic carbocycles. The van der Waals surface area contributed by atoms with Gasteiger partial charge in [-0.3, -0.25) is 4.79 Å². The summed E-state index contributed by atoms with van der Waals surface area (Å²) >= 11 is 0. The Morgan fingerprint density at radius 3 is 2.83 bits per heavy atom. The van der Waals surface area contributed by atoms with Gasteiger partial charge in [-0.2, -0.15) is 0 Å². The number of carbonyl (C=O) groups is 1. The molecular formula is C15H19F3N2O3. The van der Waals surface area contributed by atoms with Gasteiger partial charge in [0.15, 0.2) is 5.75 Å². The van der Waals surface area contributed by atoms with Crippen LogP contribution in [0.5, 0.6) is 5.75 Å². The molecule has 1 aliphatic heterocycles. The van der Waals surface area contributed by atoms with Crippen molar-refractivity contribution < 1.29 is 27.4 Å². The maximum absolute atomic E-state index is 12.4. The first-order chi connectivity index (χ1) is 10.8. The van der Waals surface area contributed by atoms with E-state index < -0.39 is 12.1 Å². The summed E-state index contributed by atoms with van der Waals surface area (Å²) < 4.78 is 46.2. The number of rotatable bonds is 5. The van der Waals surface area contributed by atoms with Crippen molar-refractivity contribution in [2.75, 3.05) is 32.0 Å². The molecule has 128 valence electrons. The smallest absolute Gasteiger partial charge is 0.404 e. The number of amides is 1. The van der Waals surface area contributed by atoms with Crippen molar-refractivity contribution in [1.82, 2.24) is 4.90 Å². The lowest BCUT2D eigenvalue weighted by atomic mass is 10.1. The number of ether oxygens (including phenoxy) is 2. The fraction of sp³-hybridized carbons (Fsp3) is 0.533. The zero-order chi connectivity index (χ0) is 17.0. The molecule has 0 aromatic heterocycles. The van der Waals surface area contributed by atoms with Gasteiger partial charge in [-0.05, 0) is 31.5 Å². The number of alkyl halides is 3. The minimum Gasteiger partial charge on any atom is -0.404 e. The molecule has 8 heteroatoms. The number of carbonyl (C=O) groups excluding carboxylic acids is 1. The Labute approximate surface area is 132 Å². The minimum absolute atomic E-state index is 0.121. The van der Waals surface area contributed by atoms with Crippen molar-refractivity contribution in [3.05, 3.63) is 23.8 Å². The Balaban J connectivity index is 2.07. The summed E-state index contributed by atoms with van der Waals surface area (Å²) in [5.41, 5.74) is 5.41. The highest BCUT2D eigenvalue weighted by Crippen LogP contribution is 2.30. The first-order valence-electron chi connectivity index (χ1n) is 7.32. The summed E-state index contributed by atoms with van der Waals surface area (Å²) in [6, 6.07) is 3.67. The molecule has 1 heterocycles. The third-order valence-corrected chi connectivity index (χ3v) is 3.62. The van der Waals surface area contributed by atoms with Crippen LogP contribution in [0, 0.1) is 5.92 Å². The lowest BCUT2D eigenvalue weighted by Gasteiger charge is -2.18. The Morgan fingerprint density at radius 1 is 1.43 bits per heavy atom. The van der Waals surface area contributed by atoms with E-state index in [4.69, 9.17) is 10.5 Å². The highest BCUT2D eigenvalue weighted by Gasteiger charge is 2.33. The van der Waals surface area contributed by atoms with Gasteiger partial charge in [0.25, 0.3) is 5.91 Å². The van der Waals surface area contributed by atoms with E-state index in [1.807, 2.05) is 6.92 Å². The van der Waals surface area contributed by atoms with Gasteiger partial charge < -0.3 is 20.1 Å². The highest BCUT2D eigenvalue weighted by atomic mass is 19.4. The molecule has 1 fully saturated rings. The summed E-state index contributed by atoms with van der Waals surface area (Å²) in [7, 11) is 0. The second kappa shape index (κ2) is 7.08. The van der Waals surface area contributed by atoms with Gasteiger partial charge in [-0.15, -0.1) is 13.2 Å². The molecule has 0 saturated carbocycles. The van der Waals surface area contributed by atoms with Gasteiger partial charge in [0.05, 0.1) is 12.3 Å². The van der Waals surface area contributed by atoms with Crippen LogP contribution in [0.1, 0.15) is 23.7 Å². The number of hydrogen-bond acceptors (Lipinski definition) is 4. The molecular weight excluding hydrogens is 313 g/mol. The SMILES string of the molecule is CCOCC1CCN(C(=O)c2ccc(N)c(OC(F)(F)F)c2)C1. The van der Waals surface area contributed by atoms with Crippen molar-refractivity contribution in [3.63, 3.8) is 0 Å². The van der Waals surface area contributed by atoms with Crippen LogP contribution in [0.4, 0.5) is 18.9 Å². The first kappa shape index (κ1) is 17.4. The van der Waals surface area contributed by atoms with Crippen LogP contribution < -0.4 is 10.5 Å². The Bertz CT molecular complexity index is 563. The normalized spacial score (nSPS) is 18.3. The highest BCUT2D eigenvalue weighted by molar-refractivity contribution is 5.95. The molecule has 1 amide bonds. The van der Waals surface area contributed by atoms with Crippen LogP contribution in [-0.4, -0.2) is 43.5 Å². The van der Waals surface area contributed by atoms with Gasteiger partial charge in [-0.25, -0.2) is 0 Å². The average molecular weight is 332 g/mol. The standard InChI is InChI=1S/C15H19F3N2O3/c1-2-22-9-10-5-6-20(8-10)14(21)11-3-4-12(19)13(7-11)23-15(16,17)18/h3-4,7,10H,2,5-6,8-9,19H2,1H3. The predicted molar refractivity (Wildman–Crippen MR) is 78.0 cm³/mol. The predicted octanol–water partition coefficient (Wildman–Crippen LogP) is 2.67. The molecule has 5 nitrogen and oxygen atoms in total. The summed E-state index contributed by atoms with van der Waals surface area (Å²) in [6.07, 6.45) is -4.04. The van der Waals surface area contributed by atoms with Crippen LogP contribution in [0.2, 0.25) is 0 Å². The number of nitrogen functional groups attached to an aromatic ring is 1. The topological polar surface area (TPSA) is 64.8 Å². The number of nitrogens with two attached hydrogens (primary N) is 1. The quantitative estimate of drug-likeness (QED) is 0.842. The molecule has 0 spiro atoms. The molecule has 0 bridgehead atoms. The molecule has 1 atom stereocenters. The van der Waals surface area contributed by atoms with Crippen molar-refractivity contribution in [1.29, 1.82) is 0 Å². The number of nitrogens with zero attached hydrogens (tertiary/aromatic N) is 1. The molecule has 2 rings (SSSR count). The monoisotopic (exact) mass is 332 g/mol. The Kier molecular flexibility index (Phi) is 5.35. The van der Waals surface area contributed by atoms with Crippen molar-refractivity contribution in [2.24, 2.45) is 5.92 Å². The molecule has 2 N–H and O–H groups in total. The third-order valence-electron chi connectivity index (χ3n) is 3.62. The van der Waals surface area contributed by atoms with Crippen LogP contribution in [0.25, 0.3) is 0 Å². The average Bonchev–Trinajstić information content (AvgIpc) is 2.94. The minimum atomic E-state index is -4.86. The zero-order valence-corrected chi connectivity index (χ0v) is 12.7. The van der Waals surface area contributed by atoms with E-state index in [2.05, 4.69) is 4.74 Å². The van der Waals surface area contributed by atoms with Crippen molar-refractivity contribution in [2.45, 2.75) is 19.7 Å². The van der Waals surface area contributed by atoms with E-state index in [-0.39, 0.29) is 23.1 Å². The summed E-state index contributed by atoms with van der Waals surface area (Å²) in [5.74, 6) is -0.650. The second-order valence-corrected chi connectivity index (χ2v) is 5.37. The maximum Gasteiger partial charge on any atom is 0.573 e. The van der Waals surface area contributed by atoms with E-state index in [0.29, 0.717) is 26.3 Å². The third kappa shape index (κ3) is 4.75. The van der Waals surface area contributed by atoms with Gasteiger partial charge in [0, 0.05) is 31.2 Å². The lowest BCUT2D eigenvalue weighted by Crippen LogP contribution is -2.29.